The van der Waals surface area contributed by atoms with Crippen molar-refractivity contribution in [2.45, 2.75) is 26.3 Å². The molecule has 2 heterocycles. The summed E-state index contributed by atoms with van der Waals surface area (Å²) in [6.45, 7) is 3.93. The van der Waals surface area contributed by atoms with E-state index in [1.54, 1.807) is 17.5 Å². The van der Waals surface area contributed by atoms with E-state index in [1.165, 1.54) is 0 Å². The average molecular weight is 337 g/mol. The molecule has 0 aliphatic heterocycles. The number of carbonyl (C=O) groups excluding carboxylic acids is 1. The molecule has 0 bridgehead atoms. The number of hydrogen-bond donors (Lipinski definition) is 1. The van der Waals surface area contributed by atoms with Crippen LogP contribution in [0.3, 0.4) is 0 Å². The van der Waals surface area contributed by atoms with Gasteiger partial charge < -0.3 is 5.32 Å². The molecule has 0 aliphatic rings. The lowest BCUT2D eigenvalue weighted by molar-refractivity contribution is -0.121. The van der Waals surface area contributed by atoms with Gasteiger partial charge in [0.1, 0.15) is 0 Å². The van der Waals surface area contributed by atoms with Crippen LogP contribution in [0.15, 0.2) is 54.2 Å². The lowest BCUT2D eigenvalue weighted by atomic mass is 10.0. The van der Waals surface area contributed by atoms with E-state index in [0.29, 0.717) is 6.42 Å². The van der Waals surface area contributed by atoms with E-state index >= 15 is 0 Å². The molecule has 0 aliphatic carbocycles. The SMILES string of the molecule is Cc1nc(CC(=O)NC(C)c2ccc(-c3cccnc3)cc2)cs1. The highest BCUT2D eigenvalue weighted by molar-refractivity contribution is 7.09. The van der Waals surface area contributed by atoms with Crippen LogP contribution in [0.25, 0.3) is 11.1 Å². The van der Waals surface area contributed by atoms with E-state index in [4.69, 9.17) is 0 Å². The third-order valence-corrected chi connectivity index (χ3v) is 4.61. The standard InChI is InChI=1S/C19H19N3OS/c1-13(21-19(23)10-18-12-24-14(2)22-18)15-5-7-16(8-6-15)17-4-3-9-20-11-17/h3-9,11-13H,10H2,1-2H3,(H,21,23). The number of pyridine rings is 1. The number of nitrogens with one attached hydrogen (secondary N) is 1. The Balaban J connectivity index is 1.62. The highest BCUT2D eigenvalue weighted by atomic mass is 32.1. The first-order valence-electron chi connectivity index (χ1n) is 7.82. The van der Waals surface area contributed by atoms with E-state index in [0.717, 1.165) is 27.4 Å². The molecule has 1 N–H and O–H groups in total. The van der Waals surface area contributed by atoms with Crippen molar-refractivity contribution in [3.8, 4) is 11.1 Å². The van der Waals surface area contributed by atoms with Gasteiger partial charge in [-0.05, 0) is 36.6 Å². The second kappa shape index (κ2) is 7.36. The number of aryl methyl sites for hydroxylation is 1. The van der Waals surface area contributed by atoms with Crippen LogP contribution in [0.1, 0.15) is 29.2 Å². The van der Waals surface area contributed by atoms with Crippen LogP contribution in [0.4, 0.5) is 0 Å². The first-order valence-corrected chi connectivity index (χ1v) is 8.70. The summed E-state index contributed by atoms with van der Waals surface area (Å²) in [4.78, 5) is 20.6. The van der Waals surface area contributed by atoms with Crippen molar-refractivity contribution in [1.82, 2.24) is 15.3 Å². The topological polar surface area (TPSA) is 54.9 Å². The normalized spacial score (nSPS) is 11.9. The molecule has 2 aromatic heterocycles. The van der Waals surface area contributed by atoms with E-state index < -0.39 is 0 Å². The number of rotatable bonds is 5. The van der Waals surface area contributed by atoms with Gasteiger partial charge in [-0.25, -0.2) is 4.98 Å². The first-order chi connectivity index (χ1) is 11.6. The number of amides is 1. The predicted molar refractivity (Wildman–Crippen MR) is 96.8 cm³/mol. The zero-order valence-corrected chi connectivity index (χ0v) is 14.5. The summed E-state index contributed by atoms with van der Waals surface area (Å²) in [5, 5.41) is 5.94. The smallest absolute Gasteiger partial charge is 0.226 e. The molecule has 5 heteroatoms. The molecule has 1 unspecified atom stereocenters. The average Bonchev–Trinajstić information content (AvgIpc) is 3.00. The van der Waals surface area contributed by atoms with Crippen LogP contribution >= 0.6 is 11.3 Å². The summed E-state index contributed by atoms with van der Waals surface area (Å²) in [5.74, 6) is -0.0101. The van der Waals surface area contributed by atoms with Crippen LogP contribution in [0, 0.1) is 6.92 Å². The molecule has 0 spiro atoms. The lowest BCUT2D eigenvalue weighted by Gasteiger charge is -2.14. The van der Waals surface area contributed by atoms with Gasteiger partial charge in [0.25, 0.3) is 0 Å². The summed E-state index contributed by atoms with van der Waals surface area (Å²) < 4.78 is 0. The number of benzene rings is 1. The fourth-order valence-electron chi connectivity index (χ4n) is 2.53. The van der Waals surface area contributed by atoms with Crippen molar-refractivity contribution in [3.05, 3.63) is 70.4 Å². The fourth-order valence-corrected chi connectivity index (χ4v) is 3.14. The van der Waals surface area contributed by atoms with Crippen molar-refractivity contribution in [2.24, 2.45) is 0 Å². The fraction of sp³-hybridized carbons (Fsp3) is 0.211. The number of thiazole rings is 1. The molecule has 0 fully saturated rings. The number of nitrogens with zero attached hydrogens (tertiary/aromatic N) is 2. The molecule has 0 radical (unpaired) electrons. The number of aromatic nitrogens is 2. The first kappa shape index (κ1) is 16.3. The van der Waals surface area contributed by atoms with Crippen LogP contribution in [0.5, 0.6) is 0 Å². The van der Waals surface area contributed by atoms with Crippen LogP contribution in [-0.2, 0) is 11.2 Å². The van der Waals surface area contributed by atoms with E-state index in [9.17, 15) is 4.79 Å². The van der Waals surface area contributed by atoms with E-state index in [-0.39, 0.29) is 11.9 Å². The highest BCUT2D eigenvalue weighted by Gasteiger charge is 2.11. The molecular formula is C19H19N3OS. The maximum absolute atomic E-state index is 12.1. The van der Waals surface area contributed by atoms with E-state index in [1.807, 2.05) is 49.7 Å². The van der Waals surface area contributed by atoms with Crippen LogP contribution < -0.4 is 5.32 Å². The van der Waals surface area contributed by atoms with Gasteiger partial charge in [0.05, 0.1) is 23.2 Å². The van der Waals surface area contributed by atoms with Gasteiger partial charge in [-0.15, -0.1) is 11.3 Å². The van der Waals surface area contributed by atoms with Gasteiger partial charge in [0.15, 0.2) is 0 Å². The van der Waals surface area contributed by atoms with Gasteiger partial charge in [-0.1, -0.05) is 30.3 Å². The van der Waals surface area contributed by atoms with Crippen molar-refractivity contribution < 1.29 is 4.79 Å². The van der Waals surface area contributed by atoms with Gasteiger partial charge >= 0.3 is 0 Å². The monoisotopic (exact) mass is 337 g/mol. The van der Waals surface area contributed by atoms with Crippen LogP contribution in [-0.4, -0.2) is 15.9 Å². The summed E-state index contributed by atoms with van der Waals surface area (Å²) in [6, 6.07) is 12.1. The molecular weight excluding hydrogens is 318 g/mol. The van der Waals surface area contributed by atoms with Crippen molar-refractivity contribution in [2.75, 3.05) is 0 Å². The minimum absolute atomic E-state index is 0.0101. The second-order valence-corrected chi connectivity index (χ2v) is 6.75. The Hall–Kier alpha value is -2.53. The molecule has 0 saturated carbocycles. The zero-order valence-electron chi connectivity index (χ0n) is 13.7. The van der Waals surface area contributed by atoms with Gasteiger partial charge in [-0.3, -0.25) is 9.78 Å². The third kappa shape index (κ3) is 4.06. The third-order valence-electron chi connectivity index (χ3n) is 3.79. The van der Waals surface area contributed by atoms with Crippen molar-refractivity contribution >= 4 is 17.2 Å². The molecule has 3 aromatic rings. The van der Waals surface area contributed by atoms with Gasteiger partial charge in [-0.2, -0.15) is 0 Å². The summed E-state index contributed by atoms with van der Waals surface area (Å²) in [7, 11) is 0. The Labute approximate surface area is 145 Å². The second-order valence-electron chi connectivity index (χ2n) is 5.69. The Morgan fingerprint density at radius 2 is 2.00 bits per heavy atom. The van der Waals surface area contributed by atoms with Crippen molar-refractivity contribution in [3.63, 3.8) is 0 Å². The van der Waals surface area contributed by atoms with E-state index in [2.05, 4.69) is 27.4 Å². The summed E-state index contributed by atoms with van der Waals surface area (Å²) >= 11 is 1.56. The van der Waals surface area contributed by atoms with Crippen LogP contribution in [0.2, 0.25) is 0 Å². The van der Waals surface area contributed by atoms with Gasteiger partial charge in [0, 0.05) is 17.8 Å². The quantitative estimate of drug-likeness (QED) is 0.767. The minimum atomic E-state index is -0.0415. The molecule has 1 aromatic carbocycles. The Bertz CT molecular complexity index is 812. The zero-order chi connectivity index (χ0) is 16.9. The lowest BCUT2D eigenvalue weighted by Crippen LogP contribution is -2.28. The van der Waals surface area contributed by atoms with Crippen molar-refractivity contribution in [1.29, 1.82) is 0 Å². The Morgan fingerprint density at radius 3 is 2.62 bits per heavy atom. The highest BCUT2D eigenvalue weighted by Crippen LogP contribution is 2.21. The molecule has 1 amide bonds. The maximum atomic E-state index is 12.1. The largest absolute Gasteiger partial charge is 0.349 e. The number of hydrogen-bond acceptors (Lipinski definition) is 4. The summed E-state index contributed by atoms with van der Waals surface area (Å²) in [6.07, 6.45) is 3.93. The molecule has 122 valence electrons. The number of carbonyl (C=O) groups is 1. The molecule has 24 heavy (non-hydrogen) atoms. The Morgan fingerprint density at radius 1 is 1.21 bits per heavy atom. The Kier molecular flexibility index (Phi) is 5.01. The molecule has 3 rings (SSSR count). The summed E-state index contributed by atoms with van der Waals surface area (Å²) in [5.41, 5.74) is 4.10. The molecule has 0 saturated heterocycles. The van der Waals surface area contributed by atoms with Gasteiger partial charge in [0.2, 0.25) is 5.91 Å². The molecule has 1 atom stereocenters. The maximum Gasteiger partial charge on any atom is 0.226 e. The predicted octanol–water partition coefficient (Wildman–Crippen LogP) is 3.93. The molecule has 4 nitrogen and oxygen atoms in total. The minimum Gasteiger partial charge on any atom is -0.349 e.